The van der Waals surface area contributed by atoms with E-state index in [9.17, 15) is 9.59 Å². The zero-order valence-electron chi connectivity index (χ0n) is 13.4. The molecule has 0 spiro atoms. The Morgan fingerprint density at radius 3 is 2.64 bits per heavy atom. The molecule has 1 heterocycles. The van der Waals surface area contributed by atoms with E-state index in [0.717, 1.165) is 32.2 Å². The predicted molar refractivity (Wildman–Crippen MR) is 80.1 cm³/mol. The van der Waals surface area contributed by atoms with Crippen LogP contribution in [0.1, 0.15) is 43.2 Å². The van der Waals surface area contributed by atoms with Crippen molar-refractivity contribution in [2.24, 2.45) is 0 Å². The van der Waals surface area contributed by atoms with Gasteiger partial charge in [0.2, 0.25) is 5.51 Å². The first-order chi connectivity index (χ1) is 10.0. The van der Waals surface area contributed by atoms with Crippen LogP contribution in [0.25, 0.3) is 0 Å². The van der Waals surface area contributed by atoms with Crippen molar-refractivity contribution in [3.63, 3.8) is 0 Å². The van der Waals surface area contributed by atoms with E-state index in [1.54, 1.807) is 11.3 Å². The summed E-state index contributed by atoms with van der Waals surface area (Å²) < 4.78 is 11.8. The number of esters is 2. The van der Waals surface area contributed by atoms with E-state index < -0.39 is 0 Å². The van der Waals surface area contributed by atoms with Crippen LogP contribution in [0.2, 0.25) is 0 Å². The molecule has 0 saturated carbocycles. The quantitative estimate of drug-likeness (QED) is 0.312. The van der Waals surface area contributed by atoms with Crippen molar-refractivity contribution in [1.29, 1.82) is 0 Å². The number of nitrogens with zero attached hydrogens (tertiary/aromatic N) is 1. The maximum absolute atomic E-state index is 11.0. The van der Waals surface area contributed by atoms with Gasteiger partial charge in [-0.3, -0.25) is 9.59 Å². The molecule has 22 heavy (non-hydrogen) atoms. The number of unbranched alkanes of at least 4 members (excludes halogenated alkanes) is 2. The van der Waals surface area contributed by atoms with Crippen molar-refractivity contribution in [3.8, 4) is 0 Å². The molecule has 0 fully saturated rings. The van der Waals surface area contributed by atoms with Crippen molar-refractivity contribution in [3.05, 3.63) is 16.1 Å². The zero-order valence-corrected chi connectivity index (χ0v) is 15.8. The van der Waals surface area contributed by atoms with Crippen molar-refractivity contribution < 1.29 is 40.6 Å². The average Bonchev–Trinajstić information content (AvgIpc) is 2.79. The Kier molecular flexibility index (Phi) is 11.1. The lowest BCUT2D eigenvalue weighted by Gasteiger charge is -2.00. The molecule has 126 valence electrons. The Balaban J connectivity index is 0.00000441. The number of hydrogen-bond acceptors (Lipinski definition) is 5. The van der Waals surface area contributed by atoms with Crippen LogP contribution in [0.5, 0.6) is 0 Å². The molecule has 0 amide bonds. The Morgan fingerprint density at radius 2 is 2.00 bits per heavy atom. The van der Waals surface area contributed by atoms with Gasteiger partial charge < -0.3 is 26.5 Å². The third kappa shape index (κ3) is 7.89. The second-order valence-electron chi connectivity index (χ2n) is 4.90. The van der Waals surface area contributed by atoms with E-state index in [1.165, 1.54) is 24.6 Å². The molecule has 1 rings (SSSR count). The van der Waals surface area contributed by atoms with Gasteiger partial charge in [0.1, 0.15) is 6.54 Å². The number of ether oxygens (including phenoxy) is 2. The lowest BCUT2D eigenvalue weighted by atomic mass is 10.2. The van der Waals surface area contributed by atoms with Crippen molar-refractivity contribution in [1.82, 2.24) is 0 Å². The minimum atomic E-state index is -0.234. The summed E-state index contributed by atoms with van der Waals surface area (Å²) >= 11 is 1.70. The number of rotatable bonds is 9. The molecule has 0 saturated heterocycles. The number of aryl methyl sites for hydroxylation is 1. The highest BCUT2D eigenvalue weighted by atomic mass is 79.9. The highest BCUT2D eigenvalue weighted by molar-refractivity contribution is 7.09. The van der Waals surface area contributed by atoms with Crippen LogP contribution in [-0.4, -0.2) is 25.7 Å². The first-order valence-corrected chi connectivity index (χ1v) is 8.09. The lowest BCUT2D eigenvalue weighted by Crippen LogP contribution is -3.00. The van der Waals surface area contributed by atoms with E-state index in [1.807, 2.05) is 0 Å². The van der Waals surface area contributed by atoms with Crippen molar-refractivity contribution in [2.75, 3.05) is 13.7 Å². The second-order valence-corrected chi connectivity index (χ2v) is 5.84. The fraction of sp³-hybridized carbons (Fsp3) is 0.667. The molecule has 0 bridgehead atoms. The van der Waals surface area contributed by atoms with E-state index in [-0.39, 0.29) is 28.9 Å². The lowest BCUT2D eigenvalue weighted by molar-refractivity contribution is -0.698. The molecule has 7 heteroatoms. The molecule has 1 aromatic heterocycles. The summed E-state index contributed by atoms with van der Waals surface area (Å²) in [7, 11) is 1.42. The van der Waals surface area contributed by atoms with Gasteiger partial charge in [-0.05, 0) is 12.8 Å². The molecule has 0 N–H and O–H groups in total. The van der Waals surface area contributed by atoms with Crippen LogP contribution in [-0.2, 0) is 32.0 Å². The first kappa shape index (κ1) is 21.0. The average molecular weight is 394 g/mol. The number of methoxy groups -OCH3 is 1. The van der Waals surface area contributed by atoms with Gasteiger partial charge >= 0.3 is 11.9 Å². The van der Waals surface area contributed by atoms with Crippen LogP contribution < -0.4 is 21.5 Å². The number of aromatic nitrogens is 1. The topological polar surface area (TPSA) is 56.5 Å². The Labute approximate surface area is 146 Å². The molecule has 1 aromatic rings. The smallest absolute Gasteiger partial charge is 0.305 e. The summed E-state index contributed by atoms with van der Waals surface area (Å²) in [4.78, 5) is 23.0. The molecular formula is C15H24BrNO4S. The van der Waals surface area contributed by atoms with Crippen LogP contribution in [0.4, 0.5) is 0 Å². The minimum absolute atomic E-state index is 0. The van der Waals surface area contributed by atoms with Gasteiger partial charge in [-0.1, -0.05) is 11.3 Å². The molecule has 0 unspecified atom stereocenters. The predicted octanol–water partition coefficient (Wildman–Crippen LogP) is -0.813. The summed E-state index contributed by atoms with van der Waals surface area (Å²) in [6.45, 7) is 4.91. The zero-order chi connectivity index (χ0) is 15.7. The summed E-state index contributed by atoms with van der Waals surface area (Å²) in [5.41, 5.74) is 3.35. The van der Waals surface area contributed by atoms with Crippen LogP contribution in [0, 0.1) is 6.92 Å². The SMILES string of the molecule is COC(=O)CCCCC[n+]1csc(CCOC(C)=O)c1C.[Br-]. The van der Waals surface area contributed by atoms with Crippen LogP contribution >= 0.6 is 11.3 Å². The number of halogens is 1. The van der Waals surface area contributed by atoms with Gasteiger partial charge in [0.25, 0.3) is 0 Å². The third-order valence-corrected chi connectivity index (χ3v) is 4.44. The van der Waals surface area contributed by atoms with E-state index in [4.69, 9.17) is 4.74 Å². The standard InChI is InChI=1S/C15H24NO4S.BrH/c1-12-14(8-10-20-13(2)17)21-11-16(12)9-6-4-5-7-15(18)19-3;/h11H,4-10H2,1-3H3;1H/q+1;/p-1. The maximum atomic E-state index is 11.0. The molecule has 0 atom stereocenters. The fourth-order valence-corrected chi connectivity index (χ4v) is 3.04. The molecule has 0 aliphatic carbocycles. The summed E-state index contributed by atoms with van der Waals surface area (Å²) in [6, 6.07) is 0. The normalized spacial score (nSPS) is 9.95. The largest absolute Gasteiger partial charge is 1.00 e. The van der Waals surface area contributed by atoms with Crippen molar-refractivity contribution in [2.45, 2.75) is 52.5 Å². The van der Waals surface area contributed by atoms with Crippen LogP contribution in [0.3, 0.4) is 0 Å². The fourth-order valence-electron chi connectivity index (χ4n) is 2.03. The minimum Gasteiger partial charge on any atom is -1.00 e. The van der Waals surface area contributed by atoms with Crippen LogP contribution in [0.15, 0.2) is 5.51 Å². The summed E-state index contributed by atoms with van der Waals surface area (Å²) in [6.07, 6.45) is 4.20. The molecule has 0 radical (unpaired) electrons. The number of hydrogen-bond donors (Lipinski definition) is 0. The highest BCUT2D eigenvalue weighted by Gasteiger charge is 2.14. The number of carbonyl (C=O) groups is 2. The Morgan fingerprint density at radius 1 is 1.27 bits per heavy atom. The molecule has 0 aromatic carbocycles. The molecule has 0 aliphatic heterocycles. The molecular weight excluding hydrogens is 370 g/mol. The monoisotopic (exact) mass is 393 g/mol. The third-order valence-electron chi connectivity index (χ3n) is 3.30. The highest BCUT2D eigenvalue weighted by Crippen LogP contribution is 2.12. The van der Waals surface area contributed by atoms with Gasteiger partial charge in [-0.25, -0.2) is 0 Å². The van der Waals surface area contributed by atoms with E-state index in [2.05, 4.69) is 21.7 Å². The van der Waals surface area contributed by atoms with Gasteiger partial charge in [0.05, 0.1) is 18.6 Å². The van der Waals surface area contributed by atoms with Crippen molar-refractivity contribution >= 4 is 23.3 Å². The second kappa shape index (κ2) is 11.6. The first-order valence-electron chi connectivity index (χ1n) is 7.21. The van der Waals surface area contributed by atoms with E-state index >= 15 is 0 Å². The summed E-state index contributed by atoms with van der Waals surface area (Å²) in [5.74, 6) is -0.371. The Hall–Kier alpha value is -0.950. The molecule has 0 aliphatic rings. The Bertz CT molecular complexity index is 476. The summed E-state index contributed by atoms with van der Waals surface area (Å²) in [5, 5.41) is 0. The number of thiazole rings is 1. The van der Waals surface area contributed by atoms with Gasteiger partial charge in [-0.15, -0.1) is 0 Å². The van der Waals surface area contributed by atoms with E-state index in [0.29, 0.717) is 13.0 Å². The maximum Gasteiger partial charge on any atom is 0.305 e. The molecule has 5 nitrogen and oxygen atoms in total. The van der Waals surface area contributed by atoms with Gasteiger partial charge in [0.15, 0.2) is 5.69 Å². The number of carbonyl (C=O) groups excluding carboxylic acids is 2. The van der Waals surface area contributed by atoms with Gasteiger partial charge in [0, 0.05) is 33.1 Å². The van der Waals surface area contributed by atoms with Gasteiger partial charge in [-0.2, -0.15) is 4.57 Å².